The lowest BCUT2D eigenvalue weighted by Gasteiger charge is -2.26. The van der Waals surface area contributed by atoms with Crippen LogP contribution in [0.1, 0.15) is 56.1 Å². The summed E-state index contributed by atoms with van der Waals surface area (Å²) in [4.78, 5) is 11.3. The summed E-state index contributed by atoms with van der Waals surface area (Å²) in [6.45, 7) is 7.54. The van der Waals surface area contributed by atoms with Crippen LogP contribution in [0.3, 0.4) is 0 Å². The first-order valence-corrected chi connectivity index (χ1v) is 8.51. The van der Waals surface area contributed by atoms with Gasteiger partial charge in [0.1, 0.15) is 5.56 Å². The fourth-order valence-electron chi connectivity index (χ4n) is 2.05. The quantitative estimate of drug-likeness (QED) is 0.763. The van der Waals surface area contributed by atoms with Crippen molar-refractivity contribution in [3.8, 4) is 0 Å². The van der Waals surface area contributed by atoms with Crippen molar-refractivity contribution < 1.29 is 18.3 Å². The summed E-state index contributed by atoms with van der Waals surface area (Å²) < 4.78 is 26.9. The molecule has 0 radical (unpaired) electrons. The first-order chi connectivity index (χ1) is 9.77. The fraction of sp³-hybridized carbons (Fsp3) is 0.692. The predicted molar refractivity (Wildman–Crippen MR) is 78.8 cm³/mol. The molecule has 0 aromatic carbocycles. The number of H-pyrrole nitrogens is 1. The van der Waals surface area contributed by atoms with Crippen LogP contribution in [0, 0.1) is 6.92 Å². The second-order valence-electron chi connectivity index (χ2n) is 5.06. The van der Waals surface area contributed by atoms with E-state index in [9.17, 15) is 18.3 Å². The molecule has 1 rings (SSSR count). The predicted octanol–water partition coefficient (Wildman–Crippen LogP) is 2.01. The van der Waals surface area contributed by atoms with Crippen molar-refractivity contribution in [2.75, 3.05) is 6.54 Å². The van der Waals surface area contributed by atoms with E-state index >= 15 is 0 Å². The first kappa shape index (κ1) is 17.6. The minimum atomic E-state index is -3.93. The summed E-state index contributed by atoms with van der Waals surface area (Å²) in [5, 5.41) is 15.0. The van der Waals surface area contributed by atoms with Crippen molar-refractivity contribution in [2.24, 2.45) is 0 Å². The number of aryl methyl sites for hydroxylation is 1. The third kappa shape index (κ3) is 3.62. The summed E-state index contributed by atoms with van der Waals surface area (Å²) in [6.07, 6.45) is 2.22. The first-order valence-electron chi connectivity index (χ1n) is 7.07. The number of nitrogens with zero attached hydrogens (tertiary/aromatic N) is 2. The Morgan fingerprint density at radius 3 is 2.52 bits per heavy atom. The fourth-order valence-corrected chi connectivity index (χ4v) is 3.93. The van der Waals surface area contributed by atoms with Crippen LogP contribution in [-0.4, -0.2) is 46.6 Å². The number of aromatic carboxylic acids is 1. The molecule has 0 aliphatic carbocycles. The van der Waals surface area contributed by atoms with E-state index in [1.54, 1.807) is 0 Å². The molecule has 21 heavy (non-hydrogen) atoms. The molecule has 7 nitrogen and oxygen atoms in total. The van der Waals surface area contributed by atoms with Crippen LogP contribution in [0.4, 0.5) is 0 Å². The minimum Gasteiger partial charge on any atom is -0.478 e. The summed E-state index contributed by atoms with van der Waals surface area (Å²) >= 11 is 0. The van der Waals surface area contributed by atoms with E-state index in [-0.39, 0.29) is 17.3 Å². The van der Waals surface area contributed by atoms with Gasteiger partial charge in [0.25, 0.3) is 10.0 Å². The number of hydrogen-bond donors (Lipinski definition) is 2. The average Bonchev–Trinajstić information content (AvgIpc) is 2.81. The molecule has 0 spiro atoms. The average molecular weight is 317 g/mol. The lowest BCUT2D eigenvalue weighted by Crippen LogP contribution is -2.39. The van der Waals surface area contributed by atoms with E-state index in [1.165, 1.54) is 11.2 Å². The number of nitrogens with one attached hydrogen (secondary N) is 1. The Hall–Kier alpha value is -1.41. The van der Waals surface area contributed by atoms with Crippen molar-refractivity contribution in [1.82, 2.24) is 14.5 Å². The van der Waals surface area contributed by atoms with Gasteiger partial charge in [0.15, 0.2) is 0 Å². The molecule has 0 amide bonds. The summed E-state index contributed by atoms with van der Waals surface area (Å²) in [5.41, 5.74) is -0.0412. The Morgan fingerprint density at radius 2 is 2.05 bits per heavy atom. The molecule has 8 heteroatoms. The molecule has 2 N–H and O–H groups in total. The molecule has 1 unspecified atom stereocenters. The van der Waals surface area contributed by atoms with Gasteiger partial charge in [-0.05, 0) is 26.7 Å². The van der Waals surface area contributed by atoms with Crippen LogP contribution >= 0.6 is 0 Å². The Labute approximate surface area is 125 Å². The van der Waals surface area contributed by atoms with Gasteiger partial charge in [0.2, 0.25) is 5.03 Å². The van der Waals surface area contributed by atoms with Crippen molar-refractivity contribution in [1.29, 1.82) is 0 Å². The molecule has 1 aromatic rings. The van der Waals surface area contributed by atoms with E-state index < -0.39 is 21.0 Å². The van der Waals surface area contributed by atoms with Gasteiger partial charge in [-0.1, -0.05) is 20.3 Å². The standard InChI is InChI=1S/C13H23N3O4S/c1-5-7-8-16(9(3)6-2)21(19,20)12-11(13(17)18)10(4)14-15-12/h9H,5-8H2,1-4H3,(H,14,15)(H,17,18). The van der Waals surface area contributed by atoms with Crippen LogP contribution < -0.4 is 0 Å². The number of aromatic nitrogens is 2. The van der Waals surface area contributed by atoms with Crippen molar-refractivity contribution >= 4 is 16.0 Å². The van der Waals surface area contributed by atoms with E-state index in [0.29, 0.717) is 13.0 Å². The molecule has 1 atom stereocenters. The van der Waals surface area contributed by atoms with Crippen LogP contribution in [-0.2, 0) is 10.0 Å². The highest BCUT2D eigenvalue weighted by Crippen LogP contribution is 2.23. The van der Waals surface area contributed by atoms with Crippen LogP contribution in [0.15, 0.2) is 5.03 Å². The van der Waals surface area contributed by atoms with Crippen molar-refractivity contribution in [2.45, 2.75) is 58.0 Å². The van der Waals surface area contributed by atoms with Crippen molar-refractivity contribution in [3.05, 3.63) is 11.3 Å². The maximum atomic E-state index is 12.8. The van der Waals surface area contributed by atoms with Crippen molar-refractivity contribution in [3.63, 3.8) is 0 Å². The molecule has 0 aliphatic heterocycles. The monoisotopic (exact) mass is 317 g/mol. The Morgan fingerprint density at radius 1 is 1.43 bits per heavy atom. The minimum absolute atomic E-state index is 0.208. The largest absolute Gasteiger partial charge is 0.478 e. The number of rotatable bonds is 8. The van der Waals surface area contributed by atoms with E-state index in [4.69, 9.17) is 0 Å². The molecule has 1 heterocycles. The Balaban J connectivity index is 3.32. The van der Waals surface area contributed by atoms with Crippen LogP contribution in [0.5, 0.6) is 0 Å². The molecule has 0 saturated carbocycles. The van der Waals surface area contributed by atoms with Gasteiger partial charge in [-0.25, -0.2) is 13.2 Å². The van der Waals surface area contributed by atoms with E-state index in [2.05, 4.69) is 10.2 Å². The van der Waals surface area contributed by atoms with E-state index in [1.807, 2.05) is 20.8 Å². The number of unbranched alkanes of at least 4 members (excludes halogenated alkanes) is 1. The molecule has 0 bridgehead atoms. The van der Waals surface area contributed by atoms with Crippen LogP contribution in [0.25, 0.3) is 0 Å². The zero-order valence-electron chi connectivity index (χ0n) is 12.9. The molecule has 1 aromatic heterocycles. The van der Waals surface area contributed by atoms with Crippen LogP contribution in [0.2, 0.25) is 0 Å². The highest BCUT2D eigenvalue weighted by Gasteiger charge is 2.35. The third-order valence-electron chi connectivity index (χ3n) is 3.50. The smallest absolute Gasteiger partial charge is 0.340 e. The number of carboxylic acids is 1. The van der Waals surface area contributed by atoms with Gasteiger partial charge in [0, 0.05) is 18.3 Å². The lowest BCUT2D eigenvalue weighted by atomic mass is 10.2. The summed E-state index contributed by atoms with van der Waals surface area (Å²) in [5.74, 6) is -1.29. The topological polar surface area (TPSA) is 103 Å². The Bertz CT molecular complexity index is 595. The number of carboxylic acid groups (broad SMARTS) is 1. The van der Waals surface area contributed by atoms with E-state index in [0.717, 1.165) is 12.8 Å². The SMILES string of the molecule is CCCCN(C(C)CC)S(=O)(=O)c1n[nH]c(C)c1C(=O)O. The second kappa shape index (κ2) is 7.04. The van der Waals surface area contributed by atoms with Gasteiger partial charge >= 0.3 is 5.97 Å². The molecular formula is C13H23N3O4S. The lowest BCUT2D eigenvalue weighted by molar-refractivity contribution is 0.0691. The zero-order valence-corrected chi connectivity index (χ0v) is 13.7. The molecular weight excluding hydrogens is 294 g/mol. The molecule has 120 valence electrons. The number of sulfonamides is 1. The highest BCUT2D eigenvalue weighted by molar-refractivity contribution is 7.89. The van der Waals surface area contributed by atoms with Gasteiger partial charge in [-0.2, -0.15) is 9.40 Å². The molecule has 0 aliphatic rings. The number of aromatic amines is 1. The summed E-state index contributed by atoms with van der Waals surface area (Å²) in [7, 11) is -3.93. The van der Waals surface area contributed by atoms with Gasteiger partial charge in [0.05, 0.1) is 0 Å². The summed E-state index contributed by atoms with van der Waals surface area (Å²) in [6, 6.07) is -0.208. The van der Waals surface area contributed by atoms with Gasteiger partial charge in [-0.3, -0.25) is 5.10 Å². The molecule has 0 saturated heterocycles. The number of carbonyl (C=O) groups is 1. The Kier molecular flexibility index (Phi) is 5.91. The number of hydrogen-bond acceptors (Lipinski definition) is 4. The maximum absolute atomic E-state index is 12.8. The second-order valence-corrected chi connectivity index (χ2v) is 6.87. The van der Waals surface area contributed by atoms with Gasteiger partial charge < -0.3 is 5.11 Å². The zero-order chi connectivity index (χ0) is 16.2. The normalized spacial score (nSPS) is 13.6. The highest BCUT2D eigenvalue weighted by atomic mass is 32.2. The van der Waals surface area contributed by atoms with Gasteiger partial charge in [-0.15, -0.1) is 0 Å². The third-order valence-corrected chi connectivity index (χ3v) is 5.44. The molecule has 0 fully saturated rings. The maximum Gasteiger partial charge on any atom is 0.340 e.